The maximum absolute atomic E-state index is 12.6. The molecule has 6 nitrogen and oxygen atoms in total. The van der Waals surface area contributed by atoms with Crippen LogP contribution in [0.2, 0.25) is 5.02 Å². The number of ketones is 1. The van der Waals surface area contributed by atoms with Gasteiger partial charge in [-0.3, -0.25) is 9.48 Å². The first-order valence-corrected chi connectivity index (χ1v) is 10.3. The monoisotopic (exact) mass is 476 g/mol. The summed E-state index contributed by atoms with van der Waals surface area (Å²) in [6.45, 7) is 1.19. The third-order valence-electron chi connectivity index (χ3n) is 5.01. The molecule has 0 N–H and O–H groups in total. The second-order valence-corrected chi connectivity index (χ2v) is 7.53. The van der Waals surface area contributed by atoms with Crippen LogP contribution in [0.25, 0.3) is 6.08 Å². The average Bonchev–Trinajstić information content (AvgIpc) is 3.03. The number of carbonyl (C=O) groups excluding carboxylic acids is 1. The largest absolute Gasteiger partial charge is 0.496 e. The number of hydrogen-bond donors (Lipinski definition) is 0. The van der Waals surface area contributed by atoms with Gasteiger partial charge in [0, 0.05) is 11.1 Å². The van der Waals surface area contributed by atoms with E-state index in [0.29, 0.717) is 17.3 Å². The second kappa shape index (κ2) is 10.5. The van der Waals surface area contributed by atoms with Crippen LogP contribution >= 0.6 is 11.6 Å². The Morgan fingerprint density at radius 2 is 1.79 bits per heavy atom. The molecule has 0 aliphatic carbocycles. The molecule has 0 saturated carbocycles. The van der Waals surface area contributed by atoms with Gasteiger partial charge in [-0.25, -0.2) is 0 Å². The first-order chi connectivity index (χ1) is 15.7. The third-order valence-corrected chi connectivity index (χ3v) is 5.56. The van der Waals surface area contributed by atoms with E-state index in [4.69, 9.17) is 21.1 Å². The number of ether oxygens (including phenoxy) is 3. The summed E-state index contributed by atoms with van der Waals surface area (Å²) in [5, 5.41) is 5.07. The lowest BCUT2D eigenvalue weighted by Crippen LogP contribution is -2.06. The molecule has 0 unspecified atom stereocenters. The number of benzene rings is 2. The fourth-order valence-electron chi connectivity index (χ4n) is 3.30. The van der Waals surface area contributed by atoms with Crippen LogP contribution in [0.3, 0.4) is 0 Å². The predicted molar refractivity (Wildman–Crippen MR) is 122 cm³/mol. The van der Waals surface area contributed by atoms with E-state index in [1.54, 1.807) is 17.9 Å². The number of nitrogens with zero attached hydrogens (tertiary/aromatic N) is 2. The zero-order chi connectivity index (χ0) is 24.1. The fourth-order valence-corrected chi connectivity index (χ4v) is 3.43. The number of halogens is 3. The number of aromatic nitrogens is 2. The lowest BCUT2D eigenvalue weighted by Gasteiger charge is -2.11. The Balaban J connectivity index is 1.83. The first kappa shape index (κ1) is 24.3. The van der Waals surface area contributed by atoms with Crippen molar-refractivity contribution in [3.8, 4) is 17.2 Å². The Hall–Kier alpha value is -3.39. The van der Waals surface area contributed by atoms with Crippen LogP contribution in [-0.2, 0) is 6.54 Å². The van der Waals surface area contributed by atoms with Crippen LogP contribution in [0.1, 0.15) is 32.9 Å². The standard InChI is InChI=1S/C24H23ClF2N2O4/c1-14-23(25)15(2)29(28-14)13-18-11-16(6-9-20(18)31-3)5-8-19(30)17-7-10-21(33-24(26)27)22(12-17)32-4/h5-12,24H,13H2,1-4H3/b8-5+. The Morgan fingerprint density at radius 1 is 1.09 bits per heavy atom. The number of rotatable bonds is 9. The SMILES string of the molecule is COc1ccc(/C=C/C(=O)c2ccc(OC(F)F)c(OC)c2)cc1Cn1nc(C)c(Cl)c1C. The highest BCUT2D eigenvalue weighted by Gasteiger charge is 2.14. The highest BCUT2D eigenvalue weighted by molar-refractivity contribution is 6.31. The lowest BCUT2D eigenvalue weighted by molar-refractivity contribution is -0.0512. The molecular weight excluding hydrogens is 454 g/mol. The zero-order valence-corrected chi connectivity index (χ0v) is 19.3. The van der Waals surface area contributed by atoms with Gasteiger partial charge in [-0.15, -0.1) is 0 Å². The van der Waals surface area contributed by atoms with Crippen LogP contribution in [0, 0.1) is 13.8 Å². The van der Waals surface area contributed by atoms with E-state index in [2.05, 4.69) is 9.84 Å². The molecule has 0 aliphatic heterocycles. The molecule has 0 bridgehead atoms. The Labute approximate surface area is 195 Å². The second-order valence-electron chi connectivity index (χ2n) is 7.16. The lowest BCUT2D eigenvalue weighted by atomic mass is 10.1. The molecule has 0 fully saturated rings. The molecule has 174 valence electrons. The molecule has 0 aliphatic rings. The van der Waals surface area contributed by atoms with Gasteiger partial charge in [-0.1, -0.05) is 23.7 Å². The van der Waals surface area contributed by atoms with Gasteiger partial charge in [-0.2, -0.15) is 13.9 Å². The summed E-state index contributed by atoms with van der Waals surface area (Å²) in [4.78, 5) is 12.6. The summed E-state index contributed by atoms with van der Waals surface area (Å²) in [6.07, 6.45) is 3.06. The number of methoxy groups -OCH3 is 2. The molecule has 33 heavy (non-hydrogen) atoms. The van der Waals surface area contributed by atoms with Crippen molar-refractivity contribution in [2.75, 3.05) is 14.2 Å². The van der Waals surface area contributed by atoms with Crippen molar-refractivity contribution in [3.63, 3.8) is 0 Å². The van der Waals surface area contributed by atoms with Crippen LogP contribution in [-0.4, -0.2) is 36.4 Å². The van der Waals surface area contributed by atoms with Crippen molar-refractivity contribution >= 4 is 23.5 Å². The van der Waals surface area contributed by atoms with Crippen LogP contribution in [0.5, 0.6) is 17.2 Å². The van der Waals surface area contributed by atoms with Gasteiger partial charge in [0.25, 0.3) is 0 Å². The maximum Gasteiger partial charge on any atom is 0.387 e. The first-order valence-electron chi connectivity index (χ1n) is 9.95. The predicted octanol–water partition coefficient (Wildman–Crippen LogP) is 5.72. The minimum Gasteiger partial charge on any atom is -0.496 e. The molecule has 3 aromatic rings. The Bertz CT molecular complexity index is 1190. The van der Waals surface area contributed by atoms with Crippen molar-refractivity contribution in [2.45, 2.75) is 27.0 Å². The zero-order valence-electron chi connectivity index (χ0n) is 18.6. The van der Waals surface area contributed by atoms with Crippen LogP contribution < -0.4 is 14.2 Å². The number of allylic oxidation sites excluding steroid dienone is 1. The molecule has 9 heteroatoms. The summed E-state index contributed by atoms with van der Waals surface area (Å²) in [6, 6.07) is 9.56. The van der Waals surface area contributed by atoms with E-state index in [9.17, 15) is 13.6 Å². The summed E-state index contributed by atoms with van der Waals surface area (Å²) in [5.41, 5.74) is 3.51. The van der Waals surface area contributed by atoms with Gasteiger partial charge < -0.3 is 14.2 Å². The summed E-state index contributed by atoms with van der Waals surface area (Å²) >= 11 is 6.25. The Kier molecular flexibility index (Phi) is 7.71. The summed E-state index contributed by atoms with van der Waals surface area (Å²) in [7, 11) is 2.90. The third kappa shape index (κ3) is 5.70. The topological polar surface area (TPSA) is 62.6 Å². The van der Waals surface area contributed by atoms with E-state index in [0.717, 1.165) is 22.5 Å². The van der Waals surface area contributed by atoms with Gasteiger partial charge in [0.2, 0.25) is 0 Å². The van der Waals surface area contributed by atoms with Crippen LogP contribution in [0.4, 0.5) is 8.78 Å². The van der Waals surface area contributed by atoms with Crippen LogP contribution in [0.15, 0.2) is 42.5 Å². The molecule has 0 spiro atoms. The molecule has 3 rings (SSSR count). The summed E-state index contributed by atoms with van der Waals surface area (Å²) in [5.74, 6) is 0.267. The van der Waals surface area contributed by atoms with Gasteiger partial charge in [-0.05, 0) is 55.8 Å². The van der Waals surface area contributed by atoms with E-state index >= 15 is 0 Å². The van der Waals surface area contributed by atoms with Crippen molar-refractivity contribution in [2.24, 2.45) is 0 Å². The smallest absolute Gasteiger partial charge is 0.387 e. The van der Waals surface area contributed by atoms with Crippen molar-refractivity contribution in [3.05, 3.63) is 75.6 Å². The van der Waals surface area contributed by atoms with Gasteiger partial charge in [0.1, 0.15) is 5.75 Å². The van der Waals surface area contributed by atoms with Crippen molar-refractivity contribution in [1.29, 1.82) is 0 Å². The number of carbonyl (C=O) groups is 1. The van der Waals surface area contributed by atoms with Crippen molar-refractivity contribution < 1.29 is 27.8 Å². The van der Waals surface area contributed by atoms with Gasteiger partial charge in [0.15, 0.2) is 17.3 Å². The minimum absolute atomic E-state index is 0.0461. The maximum atomic E-state index is 12.6. The quantitative estimate of drug-likeness (QED) is 0.292. The molecule has 0 radical (unpaired) electrons. The number of aryl methyl sites for hydroxylation is 1. The molecule has 0 atom stereocenters. The van der Waals surface area contributed by atoms with E-state index in [1.165, 1.54) is 31.4 Å². The van der Waals surface area contributed by atoms with E-state index in [1.807, 2.05) is 32.0 Å². The molecule has 1 aromatic heterocycles. The van der Waals surface area contributed by atoms with E-state index < -0.39 is 6.61 Å². The molecule has 0 amide bonds. The van der Waals surface area contributed by atoms with E-state index in [-0.39, 0.29) is 22.8 Å². The molecule has 0 saturated heterocycles. The molecule has 1 heterocycles. The number of alkyl halides is 2. The number of hydrogen-bond acceptors (Lipinski definition) is 5. The average molecular weight is 477 g/mol. The minimum atomic E-state index is -2.99. The summed E-state index contributed by atoms with van der Waals surface area (Å²) < 4.78 is 41.7. The van der Waals surface area contributed by atoms with Gasteiger partial charge in [0.05, 0.1) is 37.2 Å². The highest BCUT2D eigenvalue weighted by atomic mass is 35.5. The highest BCUT2D eigenvalue weighted by Crippen LogP contribution is 2.30. The fraction of sp³-hybridized carbons (Fsp3) is 0.250. The Morgan fingerprint density at radius 3 is 2.39 bits per heavy atom. The molecular formula is C24H23ClF2N2O4. The normalized spacial score (nSPS) is 11.3. The van der Waals surface area contributed by atoms with Gasteiger partial charge >= 0.3 is 6.61 Å². The van der Waals surface area contributed by atoms with Crippen molar-refractivity contribution in [1.82, 2.24) is 9.78 Å². The molecule has 2 aromatic carbocycles.